The van der Waals surface area contributed by atoms with Crippen molar-refractivity contribution in [1.29, 1.82) is 0 Å². The van der Waals surface area contributed by atoms with Crippen LogP contribution in [-0.2, 0) is 10.0 Å². The van der Waals surface area contributed by atoms with Gasteiger partial charge in [-0.25, -0.2) is 17.5 Å². The molecule has 1 atom stereocenters. The predicted molar refractivity (Wildman–Crippen MR) is 73.6 cm³/mol. The van der Waals surface area contributed by atoms with Crippen LogP contribution in [0.1, 0.15) is 13.3 Å². The molecule has 1 rings (SSSR count). The number of halogens is 1. The molecular weight excluding hydrogens is 275 g/mol. The van der Waals surface area contributed by atoms with E-state index in [1.165, 1.54) is 12.1 Å². The van der Waals surface area contributed by atoms with E-state index in [9.17, 15) is 12.8 Å². The van der Waals surface area contributed by atoms with E-state index in [0.29, 0.717) is 11.7 Å². The van der Waals surface area contributed by atoms with Crippen molar-refractivity contribution in [2.45, 2.75) is 23.5 Å². The minimum absolute atomic E-state index is 0.0829. The van der Waals surface area contributed by atoms with Crippen LogP contribution in [0.5, 0.6) is 0 Å². The third-order valence-electron chi connectivity index (χ3n) is 2.51. The minimum atomic E-state index is -3.88. The molecule has 1 aromatic rings. The SMILES string of the molecule is CSC(C)CCNS(=O)(=O)c1c(N)cccc1F. The molecule has 0 radical (unpaired) electrons. The fraction of sp³-hybridized carbons (Fsp3) is 0.455. The zero-order valence-corrected chi connectivity index (χ0v) is 11.9. The Morgan fingerprint density at radius 2 is 2.17 bits per heavy atom. The van der Waals surface area contributed by atoms with Crippen LogP contribution in [-0.4, -0.2) is 26.5 Å². The summed E-state index contributed by atoms with van der Waals surface area (Å²) in [4.78, 5) is -0.471. The quantitative estimate of drug-likeness (QED) is 0.785. The van der Waals surface area contributed by atoms with Crippen LogP contribution >= 0.6 is 11.8 Å². The van der Waals surface area contributed by atoms with Gasteiger partial charge in [0.25, 0.3) is 0 Å². The summed E-state index contributed by atoms with van der Waals surface area (Å²) in [5.74, 6) is -0.833. The summed E-state index contributed by atoms with van der Waals surface area (Å²) >= 11 is 1.64. The Morgan fingerprint density at radius 3 is 2.72 bits per heavy atom. The van der Waals surface area contributed by atoms with Crippen molar-refractivity contribution in [2.24, 2.45) is 0 Å². The number of thioether (sulfide) groups is 1. The molecule has 0 aromatic heterocycles. The maximum Gasteiger partial charge on any atom is 0.245 e. The Morgan fingerprint density at radius 1 is 1.50 bits per heavy atom. The van der Waals surface area contributed by atoms with E-state index in [2.05, 4.69) is 4.72 Å². The Kier molecular flexibility index (Phi) is 5.43. The first kappa shape index (κ1) is 15.3. The highest BCUT2D eigenvalue weighted by Crippen LogP contribution is 2.21. The van der Waals surface area contributed by atoms with Gasteiger partial charge in [-0.05, 0) is 24.8 Å². The zero-order chi connectivity index (χ0) is 13.8. The molecule has 0 bridgehead atoms. The molecule has 0 saturated heterocycles. The van der Waals surface area contributed by atoms with Crippen molar-refractivity contribution in [3.63, 3.8) is 0 Å². The molecule has 0 spiro atoms. The third-order valence-corrected chi connectivity index (χ3v) is 5.10. The van der Waals surface area contributed by atoms with E-state index in [4.69, 9.17) is 5.73 Å². The highest BCUT2D eigenvalue weighted by molar-refractivity contribution is 7.99. The molecular formula is C11H17FN2O2S2. The highest BCUT2D eigenvalue weighted by Gasteiger charge is 2.21. The number of rotatable bonds is 6. The summed E-state index contributed by atoms with van der Waals surface area (Å²) in [6.45, 7) is 2.26. The molecule has 0 fully saturated rings. The molecule has 0 aliphatic carbocycles. The topological polar surface area (TPSA) is 72.2 Å². The highest BCUT2D eigenvalue weighted by atomic mass is 32.2. The first-order chi connectivity index (χ1) is 8.38. The van der Waals surface area contributed by atoms with Crippen LogP contribution in [0.4, 0.5) is 10.1 Å². The van der Waals surface area contributed by atoms with E-state index in [1.54, 1.807) is 11.8 Å². The Balaban J connectivity index is 2.81. The number of nitrogens with two attached hydrogens (primary N) is 1. The lowest BCUT2D eigenvalue weighted by Crippen LogP contribution is -2.27. The van der Waals surface area contributed by atoms with Gasteiger partial charge in [0.05, 0.1) is 5.69 Å². The van der Waals surface area contributed by atoms with Gasteiger partial charge in [-0.1, -0.05) is 13.0 Å². The summed E-state index contributed by atoms with van der Waals surface area (Å²) < 4.78 is 39.7. The second-order valence-corrected chi connectivity index (χ2v) is 6.87. The normalized spacial score (nSPS) is 13.5. The number of nitrogens with one attached hydrogen (secondary N) is 1. The molecule has 0 aliphatic heterocycles. The Bertz CT molecular complexity index is 486. The predicted octanol–water partition coefficient (Wildman–Crippen LogP) is 1.83. The average molecular weight is 292 g/mol. The molecule has 0 heterocycles. The van der Waals surface area contributed by atoms with Crippen molar-refractivity contribution in [1.82, 2.24) is 4.72 Å². The summed E-state index contributed by atoms with van der Waals surface area (Å²) in [6, 6.07) is 3.82. The van der Waals surface area contributed by atoms with Crippen LogP contribution in [0.2, 0.25) is 0 Å². The van der Waals surface area contributed by atoms with Gasteiger partial charge in [-0.3, -0.25) is 0 Å². The van der Waals surface area contributed by atoms with Crippen molar-refractivity contribution in [3.05, 3.63) is 24.0 Å². The van der Waals surface area contributed by atoms with Gasteiger partial charge in [0, 0.05) is 11.8 Å². The molecule has 7 heteroatoms. The smallest absolute Gasteiger partial charge is 0.245 e. The molecule has 4 nitrogen and oxygen atoms in total. The first-order valence-corrected chi connectivity index (χ1v) is 8.22. The van der Waals surface area contributed by atoms with Crippen LogP contribution in [0, 0.1) is 5.82 Å². The number of anilines is 1. The molecule has 3 N–H and O–H groups in total. The van der Waals surface area contributed by atoms with Gasteiger partial charge in [0.2, 0.25) is 10.0 Å². The van der Waals surface area contributed by atoms with Crippen molar-refractivity contribution >= 4 is 27.5 Å². The lowest BCUT2D eigenvalue weighted by molar-refractivity contribution is 0.557. The van der Waals surface area contributed by atoms with Crippen LogP contribution in [0.25, 0.3) is 0 Å². The molecule has 1 unspecified atom stereocenters. The van der Waals surface area contributed by atoms with Gasteiger partial charge in [0.1, 0.15) is 10.7 Å². The number of hydrogen-bond acceptors (Lipinski definition) is 4. The maximum atomic E-state index is 13.5. The van der Waals surface area contributed by atoms with Crippen LogP contribution in [0.3, 0.4) is 0 Å². The summed E-state index contributed by atoms with van der Waals surface area (Å²) in [5.41, 5.74) is 5.42. The minimum Gasteiger partial charge on any atom is -0.398 e. The Hall–Kier alpha value is -0.790. The largest absolute Gasteiger partial charge is 0.398 e. The fourth-order valence-electron chi connectivity index (χ4n) is 1.40. The van der Waals surface area contributed by atoms with Gasteiger partial charge >= 0.3 is 0 Å². The number of hydrogen-bond donors (Lipinski definition) is 2. The zero-order valence-electron chi connectivity index (χ0n) is 10.3. The summed E-state index contributed by atoms with van der Waals surface area (Å²) in [5, 5.41) is 0.339. The van der Waals surface area contributed by atoms with E-state index in [1.807, 2.05) is 13.2 Å². The lowest BCUT2D eigenvalue weighted by Gasteiger charge is -2.11. The molecule has 0 saturated carbocycles. The van der Waals surface area contributed by atoms with E-state index < -0.39 is 20.7 Å². The molecule has 1 aromatic carbocycles. The summed E-state index contributed by atoms with van der Waals surface area (Å²) in [7, 11) is -3.88. The lowest BCUT2D eigenvalue weighted by atomic mass is 10.3. The second kappa shape index (κ2) is 6.40. The second-order valence-electron chi connectivity index (χ2n) is 3.89. The van der Waals surface area contributed by atoms with Crippen molar-refractivity contribution in [3.8, 4) is 0 Å². The number of benzene rings is 1. The van der Waals surface area contributed by atoms with Crippen molar-refractivity contribution < 1.29 is 12.8 Å². The number of sulfonamides is 1. The molecule has 102 valence electrons. The Labute approximate surface area is 111 Å². The number of nitrogen functional groups attached to an aromatic ring is 1. The van der Waals surface area contributed by atoms with Crippen LogP contribution in [0.15, 0.2) is 23.1 Å². The van der Waals surface area contributed by atoms with E-state index >= 15 is 0 Å². The van der Waals surface area contributed by atoms with Gasteiger partial charge in [0.15, 0.2) is 0 Å². The van der Waals surface area contributed by atoms with Gasteiger partial charge in [-0.15, -0.1) is 0 Å². The fourth-order valence-corrected chi connectivity index (χ4v) is 2.98. The van der Waals surface area contributed by atoms with E-state index in [-0.39, 0.29) is 12.2 Å². The summed E-state index contributed by atoms with van der Waals surface area (Å²) in [6.07, 6.45) is 2.63. The van der Waals surface area contributed by atoms with Gasteiger partial charge < -0.3 is 5.73 Å². The first-order valence-electron chi connectivity index (χ1n) is 5.45. The molecule has 0 amide bonds. The molecule has 18 heavy (non-hydrogen) atoms. The van der Waals surface area contributed by atoms with Crippen molar-refractivity contribution in [2.75, 3.05) is 18.5 Å². The van der Waals surface area contributed by atoms with Gasteiger partial charge in [-0.2, -0.15) is 11.8 Å². The molecule has 0 aliphatic rings. The monoisotopic (exact) mass is 292 g/mol. The van der Waals surface area contributed by atoms with E-state index in [0.717, 1.165) is 6.07 Å². The third kappa shape index (κ3) is 3.86. The van der Waals surface area contributed by atoms with Crippen LogP contribution < -0.4 is 10.5 Å². The average Bonchev–Trinajstić information content (AvgIpc) is 2.27. The standard InChI is InChI=1S/C11H17FN2O2S2/c1-8(17-2)6-7-14-18(15,16)11-9(12)4-3-5-10(11)13/h3-5,8,14H,6-7,13H2,1-2H3. The maximum absolute atomic E-state index is 13.5.